The van der Waals surface area contributed by atoms with Crippen LogP contribution in [0, 0.1) is 17.8 Å². The number of carbonyl (C=O) groups is 2. The van der Waals surface area contributed by atoms with Crippen LogP contribution in [0.15, 0.2) is 35.6 Å². The first kappa shape index (κ1) is 22.8. The van der Waals surface area contributed by atoms with Crippen LogP contribution in [-0.2, 0) is 14.3 Å². The van der Waals surface area contributed by atoms with E-state index in [1.165, 1.54) is 0 Å². The molecule has 0 N–H and O–H groups in total. The molecule has 2 aliphatic heterocycles. The van der Waals surface area contributed by atoms with Gasteiger partial charge in [-0.3, -0.25) is 9.59 Å². The van der Waals surface area contributed by atoms with Gasteiger partial charge in [-0.25, -0.2) is 0 Å². The largest absolute Gasteiger partial charge is 0.497 e. The van der Waals surface area contributed by atoms with Gasteiger partial charge < -0.3 is 19.3 Å². The van der Waals surface area contributed by atoms with Gasteiger partial charge in [0.25, 0.3) is 5.91 Å². The van der Waals surface area contributed by atoms with Gasteiger partial charge in [0.05, 0.1) is 24.6 Å². The van der Waals surface area contributed by atoms with Gasteiger partial charge in [0.2, 0.25) is 0 Å². The van der Waals surface area contributed by atoms with Crippen molar-refractivity contribution >= 4 is 11.7 Å². The van der Waals surface area contributed by atoms with E-state index in [0.29, 0.717) is 29.7 Å². The Labute approximate surface area is 191 Å². The highest BCUT2D eigenvalue weighted by Gasteiger charge is 2.53. The van der Waals surface area contributed by atoms with E-state index in [-0.39, 0.29) is 23.7 Å². The minimum Gasteiger partial charge on any atom is -0.497 e. The number of carbonyl (C=O) groups excluding carboxylic acids is 2. The molecule has 6 heteroatoms. The minimum atomic E-state index is -0.401. The van der Waals surface area contributed by atoms with E-state index in [4.69, 9.17) is 9.47 Å². The van der Waals surface area contributed by atoms with Crippen LogP contribution in [0.5, 0.6) is 5.75 Å². The fourth-order valence-electron chi connectivity index (χ4n) is 5.46. The molecule has 1 amide bonds. The van der Waals surface area contributed by atoms with Crippen molar-refractivity contribution in [2.45, 2.75) is 52.7 Å². The fourth-order valence-corrected chi connectivity index (χ4v) is 5.46. The van der Waals surface area contributed by atoms with E-state index < -0.39 is 6.04 Å². The highest BCUT2D eigenvalue weighted by Crippen LogP contribution is 2.48. The molecule has 6 nitrogen and oxygen atoms in total. The number of amides is 1. The monoisotopic (exact) mass is 440 g/mol. The van der Waals surface area contributed by atoms with E-state index in [1.807, 2.05) is 29.2 Å². The zero-order valence-corrected chi connectivity index (χ0v) is 20.0. The molecular formula is C26H36N2O4. The molecule has 1 aromatic carbocycles. The van der Waals surface area contributed by atoms with E-state index >= 15 is 0 Å². The third kappa shape index (κ3) is 3.94. The molecule has 3 aliphatic rings. The predicted octanol–water partition coefficient (Wildman–Crippen LogP) is 3.82. The van der Waals surface area contributed by atoms with Gasteiger partial charge in [0.15, 0.2) is 11.5 Å². The Morgan fingerprint density at radius 3 is 2.34 bits per heavy atom. The summed E-state index contributed by atoms with van der Waals surface area (Å²) in [7, 11) is 1.63. The summed E-state index contributed by atoms with van der Waals surface area (Å²) in [6.07, 6.45) is 1.47. The lowest BCUT2D eigenvalue weighted by Crippen LogP contribution is -2.43. The highest BCUT2D eigenvalue weighted by atomic mass is 16.5. The number of methoxy groups -OCH3 is 1. The Bertz CT molecular complexity index is 890. The topological polar surface area (TPSA) is 59.1 Å². The summed E-state index contributed by atoms with van der Waals surface area (Å²) in [6.45, 7) is 11.9. The molecule has 1 fully saturated rings. The second kappa shape index (κ2) is 9.26. The molecule has 174 valence electrons. The Kier molecular flexibility index (Phi) is 6.61. The van der Waals surface area contributed by atoms with Gasteiger partial charge in [0.1, 0.15) is 11.9 Å². The molecule has 0 aromatic heterocycles. The molecule has 4 rings (SSSR count). The van der Waals surface area contributed by atoms with E-state index in [9.17, 15) is 9.59 Å². The Balaban J connectivity index is 1.70. The Morgan fingerprint density at radius 1 is 1.06 bits per heavy atom. The lowest BCUT2D eigenvalue weighted by atomic mass is 9.70. The zero-order chi connectivity index (χ0) is 23.0. The summed E-state index contributed by atoms with van der Waals surface area (Å²) in [4.78, 5) is 31.5. The number of rotatable bonds is 7. The van der Waals surface area contributed by atoms with Crippen LogP contribution in [0.3, 0.4) is 0 Å². The summed E-state index contributed by atoms with van der Waals surface area (Å²) < 4.78 is 11.6. The lowest BCUT2D eigenvalue weighted by molar-refractivity contribution is -0.137. The summed E-state index contributed by atoms with van der Waals surface area (Å²) in [6, 6.07) is 7.30. The van der Waals surface area contributed by atoms with Crippen LogP contribution in [0.2, 0.25) is 0 Å². The minimum absolute atomic E-state index is 0.106. The number of Topliss-reactive ketones (excluding diaryl/α,β-unsaturated/α-hetero) is 1. The molecule has 1 saturated carbocycles. The summed E-state index contributed by atoms with van der Waals surface area (Å²) in [5.41, 5.74) is 1.49. The molecule has 5 atom stereocenters. The normalized spacial score (nSPS) is 29.8. The second-order valence-electron chi connectivity index (χ2n) is 9.50. The molecule has 0 bridgehead atoms. The number of hydrogen-bond donors (Lipinski definition) is 0. The van der Waals surface area contributed by atoms with Crippen molar-refractivity contribution in [2.75, 3.05) is 33.3 Å². The first-order chi connectivity index (χ1) is 15.4. The van der Waals surface area contributed by atoms with Crippen molar-refractivity contribution in [3.63, 3.8) is 0 Å². The maximum atomic E-state index is 13.8. The average molecular weight is 441 g/mol. The third-order valence-corrected chi connectivity index (χ3v) is 7.79. The lowest BCUT2D eigenvalue weighted by Gasteiger charge is -2.40. The zero-order valence-electron chi connectivity index (χ0n) is 20.0. The van der Waals surface area contributed by atoms with Crippen molar-refractivity contribution in [1.82, 2.24) is 9.80 Å². The predicted molar refractivity (Wildman–Crippen MR) is 123 cm³/mol. The first-order valence-electron chi connectivity index (χ1n) is 12.0. The van der Waals surface area contributed by atoms with Gasteiger partial charge in [-0.2, -0.15) is 0 Å². The van der Waals surface area contributed by atoms with Gasteiger partial charge in [-0.05, 0) is 55.5 Å². The smallest absolute Gasteiger partial charge is 0.290 e. The van der Waals surface area contributed by atoms with Crippen LogP contribution < -0.4 is 4.74 Å². The van der Waals surface area contributed by atoms with Gasteiger partial charge in [-0.15, -0.1) is 0 Å². The summed E-state index contributed by atoms with van der Waals surface area (Å²) >= 11 is 0. The van der Waals surface area contributed by atoms with Crippen molar-refractivity contribution in [2.24, 2.45) is 17.8 Å². The Morgan fingerprint density at radius 2 is 1.72 bits per heavy atom. The van der Waals surface area contributed by atoms with E-state index in [1.54, 1.807) is 7.11 Å². The maximum absolute atomic E-state index is 13.8. The van der Waals surface area contributed by atoms with Crippen molar-refractivity contribution in [3.05, 3.63) is 41.2 Å². The maximum Gasteiger partial charge on any atom is 0.290 e. The molecule has 2 heterocycles. The second-order valence-corrected chi connectivity index (χ2v) is 9.50. The van der Waals surface area contributed by atoms with E-state index in [0.717, 1.165) is 43.8 Å². The fraction of sp³-hybridized carbons (Fsp3) is 0.615. The average Bonchev–Trinajstić information content (AvgIpc) is 3.08. The number of hydrogen-bond acceptors (Lipinski definition) is 5. The van der Waals surface area contributed by atoms with Crippen LogP contribution in [0.25, 0.3) is 0 Å². The van der Waals surface area contributed by atoms with E-state index in [2.05, 4.69) is 32.6 Å². The number of likely N-dealkylation sites (N-methyl/N-ethyl adjacent to an activating group) is 1. The van der Waals surface area contributed by atoms with Crippen molar-refractivity contribution < 1.29 is 19.1 Å². The number of ether oxygens (including phenoxy) is 2. The molecule has 5 unspecified atom stereocenters. The molecular weight excluding hydrogens is 404 g/mol. The number of benzene rings is 1. The SMILES string of the molecule is CCN(CC)CCN1C(=O)C2=C(C(=O)C3CC(C)C(C)CC3O2)C1c1ccc(OC)cc1. The molecule has 1 aliphatic carbocycles. The molecule has 0 spiro atoms. The van der Waals surface area contributed by atoms with Crippen LogP contribution in [0.1, 0.15) is 52.1 Å². The van der Waals surface area contributed by atoms with Crippen LogP contribution >= 0.6 is 0 Å². The van der Waals surface area contributed by atoms with Gasteiger partial charge >= 0.3 is 0 Å². The standard InChI is InChI=1S/C26H36N2O4/c1-6-27(7-2)12-13-28-23(18-8-10-19(31-5)11-9-18)22-24(29)20-14-16(3)17(4)15-21(20)32-25(22)26(28)30/h8-11,16-17,20-21,23H,6-7,12-15H2,1-5H3. The number of ketones is 1. The third-order valence-electron chi connectivity index (χ3n) is 7.79. The summed E-state index contributed by atoms with van der Waals surface area (Å²) in [5.74, 6) is 1.80. The van der Waals surface area contributed by atoms with Crippen molar-refractivity contribution in [1.29, 1.82) is 0 Å². The quantitative estimate of drug-likeness (QED) is 0.645. The molecule has 1 aromatic rings. The Hall–Kier alpha value is -2.34. The number of nitrogens with zero attached hydrogens (tertiary/aromatic N) is 2. The molecule has 0 saturated heterocycles. The number of fused-ring (bicyclic) bond motifs is 1. The first-order valence-corrected chi connectivity index (χ1v) is 12.0. The van der Waals surface area contributed by atoms with Gasteiger partial charge in [-0.1, -0.05) is 39.8 Å². The molecule has 32 heavy (non-hydrogen) atoms. The van der Waals surface area contributed by atoms with Gasteiger partial charge in [0, 0.05) is 13.1 Å². The van der Waals surface area contributed by atoms with Crippen LogP contribution in [0.4, 0.5) is 0 Å². The van der Waals surface area contributed by atoms with Crippen molar-refractivity contribution in [3.8, 4) is 5.75 Å². The summed E-state index contributed by atoms with van der Waals surface area (Å²) in [5, 5.41) is 0. The molecule has 0 radical (unpaired) electrons. The highest BCUT2D eigenvalue weighted by molar-refractivity contribution is 6.11. The van der Waals surface area contributed by atoms with Crippen LogP contribution in [-0.4, -0.2) is 60.9 Å².